The van der Waals surface area contributed by atoms with E-state index in [-0.39, 0.29) is 12.3 Å². The number of hydrogen-bond donors (Lipinski definition) is 1. The minimum atomic E-state index is -0.217. The molecule has 0 atom stereocenters. The van der Waals surface area contributed by atoms with Crippen LogP contribution in [-0.4, -0.2) is 31.7 Å². The number of thiazole rings is 1. The lowest BCUT2D eigenvalue weighted by Gasteiger charge is -2.08. The second-order valence-corrected chi connectivity index (χ2v) is 5.21. The van der Waals surface area contributed by atoms with E-state index in [0.29, 0.717) is 23.8 Å². The number of carbonyl (C=O) groups excluding carboxylic acids is 1. The standard InChI is InChI=1S/C15H18N2O4S/c1-4-21-17-14(18)8-11-9-22-15(16-11)10-5-6-12(19-2)13(7-10)20-3/h5-7,9H,4,8H2,1-3H3,(H,17,18). The van der Waals surface area contributed by atoms with Crippen LogP contribution in [0, 0.1) is 0 Å². The van der Waals surface area contributed by atoms with Crippen molar-refractivity contribution < 1.29 is 19.1 Å². The minimum absolute atomic E-state index is 0.184. The van der Waals surface area contributed by atoms with Gasteiger partial charge in [0.1, 0.15) is 5.01 Å². The van der Waals surface area contributed by atoms with Crippen LogP contribution in [0.25, 0.3) is 10.6 Å². The SMILES string of the molecule is CCONC(=O)Cc1csc(-c2ccc(OC)c(OC)c2)n1. The van der Waals surface area contributed by atoms with E-state index >= 15 is 0 Å². The average Bonchev–Trinajstić information content (AvgIpc) is 3.00. The Morgan fingerprint density at radius 1 is 1.27 bits per heavy atom. The molecule has 2 aromatic rings. The van der Waals surface area contributed by atoms with Crippen molar-refractivity contribution in [3.63, 3.8) is 0 Å². The van der Waals surface area contributed by atoms with Gasteiger partial charge in [-0.15, -0.1) is 11.3 Å². The maximum absolute atomic E-state index is 11.6. The highest BCUT2D eigenvalue weighted by Crippen LogP contribution is 2.33. The van der Waals surface area contributed by atoms with Crippen LogP contribution in [0.5, 0.6) is 11.5 Å². The number of benzene rings is 1. The molecule has 1 amide bonds. The third kappa shape index (κ3) is 3.96. The highest BCUT2D eigenvalue weighted by molar-refractivity contribution is 7.13. The molecule has 0 fully saturated rings. The summed E-state index contributed by atoms with van der Waals surface area (Å²) >= 11 is 1.47. The molecule has 1 heterocycles. The molecule has 0 aliphatic rings. The van der Waals surface area contributed by atoms with Gasteiger partial charge in [-0.2, -0.15) is 0 Å². The van der Waals surface area contributed by atoms with E-state index in [4.69, 9.17) is 14.3 Å². The molecular weight excluding hydrogens is 304 g/mol. The van der Waals surface area contributed by atoms with Gasteiger partial charge < -0.3 is 9.47 Å². The number of carbonyl (C=O) groups is 1. The maximum atomic E-state index is 11.6. The lowest BCUT2D eigenvalue weighted by molar-refractivity contribution is -0.132. The summed E-state index contributed by atoms with van der Waals surface area (Å²) in [7, 11) is 3.18. The van der Waals surface area contributed by atoms with E-state index in [1.807, 2.05) is 23.6 Å². The summed E-state index contributed by atoms with van der Waals surface area (Å²) < 4.78 is 10.5. The number of nitrogens with one attached hydrogen (secondary N) is 1. The molecule has 0 radical (unpaired) electrons. The van der Waals surface area contributed by atoms with Crippen molar-refractivity contribution in [2.75, 3.05) is 20.8 Å². The van der Waals surface area contributed by atoms with Crippen molar-refractivity contribution in [3.8, 4) is 22.1 Å². The van der Waals surface area contributed by atoms with Crippen molar-refractivity contribution in [1.29, 1.82) is 0 Å². The van der Waals surface area contributed by atoms with Crippen LogP contribution in [0.4, 0.5) is 0 Å². The van der Waals surface area contributed by atoms with Gasteiger partial charge >= 0.3 is 0 Å². The van der Waals surface area contributed by atoms with Crippen molar-refractivity contribution in [2.24, 2.45) is 0 Å². The van der Waals surface area contributed by atoms with Crippen LogP contribution in [0.1, 0.15) is 12.6 Å². The highest BCUT2D eigenvalue weighted by atomic mass is 32.1. The molecule has 6 nitrogen and oxygen atoms in total. The van der Waals surface area contributed by atoms with Crippen LogP contribution in [0.3, 0.4) is 0 Å². The first-order chi connectivity index (χ1) is 10.7. The molecule has 0 aliphatic carbocycles. The van der Waals surface area contributed by atoms with Gasteiger partial charge in [-0.25, -0.2) is 10.5 Å². The molecule has 2 rings (SSSR count). The van der Waals surface area contributed by atoms with Crippen molar-refractivity contribution in [3.05, 3.63) is 29.3 Å². The number of hydroxylamine groups is 1. The number of rotatable bonds is 7. The third-order valence-corrected chi connectivity index (χ3v) is 3.79. The average molecular weight is 322 g/mol. The van der Waals surface area contributed by atoms with E-state index in [9.17, 15) is 4.79 Å². The second-order valence-electron chi connectivity index (χ2n) is 4.35. The molecule has 0 saturated carbocycles. The zero-order valence-electron chi connectivity index (χ0n) is 12.7. The van der Waals surface area contributed by atoms with Gasteiger partial charge in [0.2, 0.25) is 5.91 Å². The number of nitrogens with zero attached hydrogens (tertiary/aromatic N) is 1. The van der Waals surface area contributed by atoms with E-state index < -0.39 is 0 Å². The summed E-state index contributed by atoms with van der Waals surface area (Å²) in [6, 6.07) is 5.60. The van der Waals surface area contributed by atoms with Gasteiger partial charge in [0, 0.05) is 10.9 Å². The fourth-order valence-electron chi connectivity index (χ4n) is 1.84. The first kappa shape index (κ1) is 16.3. The molecule has 0 spiro atoms. The van der Waals surface area contributed by atoms with Gasteiger partial charge in [0.25, 0.3) is 0 Å². The Morgan fingerprint density at radius 3 is 2.73 bits per heavy atom. The summed E-state index contributed by atoms with van der Waals surface area (Å²) in [4.78, 5) is 20.9. The number of methoxy groups -OCH3 is 2. The summed E-state index contributed by atoms with van der Waals surface area (Å²) in [5, 5.41) is 2.68. The van der Waals surface area contributed by atoms with Crippen LogP contribution in [-0.2, 0) is 16.1 Å². The van der Waals surface area contributed by atoms with Gasteiger partial charge in [0.05, 0.1) is 32.9 Å². The summed E-state index contributed by atoms with van der Waals surface area (Å²) in [6.45, 7) is 2.23. The molecule has 1 N–H and O–H groups in total. The Bertz CT molecular complexity index is 642. The molecule has 0 bridgehead atoms. The predicted molar refractivity (Wildman–Crippen MR) is 84.1 cm³/mol. The van der Waals surface area contributed by atoms with Crippen LogP contribution in [0.2, 0.25) is 0 Å². The Kier molecular flexibility index (Phi) is 5.74. The molecule has 118 valence electrons. The molecule has 0 saturated heterocycles. The van der Waals surface area contributed by atoms with Crippen molar-refractivity contribution >= 4 is 17.2 Å². The van der Waals surface area contributed by atoms with Crippen molar-refractivity contribution in [2.45, 2.75) is 13.3 Å². The first-order valence-electron chi connectivity index (χ1n) is 6.75. The molecular formula is C15H18N2O4S. The number of ether oxygens (including phenoxy) is 2. The molecule has 0 unspecified atom stereocenters. The lowest BCUT2D eigenvalue weighted by Crippen LogP contribution is -2.25. The van der Waals surface area contributed by atoms with E-state index in [2.05, 4.69) is 10.5 Å². The molecule has 7 heteroatoms. The largest absolute Gasteiger partial charge is 0.493 e. The smallest absolute Gasteiger partial charge is 0.249 e. The maximum Gasteiger partial charge on any atom is 0.249 e. The molecule has 1 aromatic heterocycles. The third-order valence-electron chi connectivity index (χ3n) is 2.85. The van der Waals surface area contributed by atoms with Gasteiger partial charge in [-0.3, -0.25) is 9.63 Å². The fraction of sp³-hybridized carbons (Fsp3) is 0.333. The van der Waals surface area contributed by atoms with E-state index in [0.717, 1.165) is 10.6 Å². The first-order valence-corrected chi connectivity index (χ1v) is 7.63. The summed E-state index contributed by atoms with van der Waals surface area (Å²) in [5.74, 6) is 1.09. The Balaban J connectivity index is 2.12. The Morgan fingerprint density at radius 2 is 2.05 bits per heavy atom. The van der Waals surface area contributed by atoms with Crippen LogP contribution in [0.15, 0.2) is 23.6 Å². The fourth-order valence-corrected chi connectivity index (χ4v) is 2.66. The Hall–Kier alpha value is -2.12. The molecule has 22 heavy (non-hydrogen) atoms. The number of aromatic nitrogens is 1. The van der Waals surface area contributed by atoms with E-state index in [1.165, 1.54) is 11.3 Å². The lowest BCUT2D eigenvalue weighted by atomic mass is 10.2. The van der Waals surface area contributed by atoms with Crippen molar-refractivity contribution in [1.82, 2.24) is 10.5 Å². The molecule has 1 aromatic carbocycles. The monoisotopic (exact) mass is 322 g/mol. The molecule has 0 aliphatic heterocycles. The van der Waals surface area contributed by atoms with Gasteiger partial charge in [-0.1, -0.05) is 0 Å². The second kappa shape index (κ2) is 7.77. The number of hydrogen-bond acceptors (Lipinski definition) is 6. The van der Waals surface area contributed by atoms with Gasteiger partial charge in [-0.05, 0) is 25.1 Å². The normalized spacial score (nSPS) is 10.3. The predicted octanol–water partition coefficient (Wildman–Crippen LogP) is 2.44. The van der Waals surface area contributed by atoms with E-state index in [1.54, 1.807) is 21.1 Å². The van der Waals surface area contributed by atoms with Crippen LogP contribution >= 0.6 is 11.3 Å². The Labute approximate surface area is 133 Å². The van der Waals surface area contributed by atoms with Gasteiger partial charge in [0.15, 0.2) is 11.5 Å². The minimum Gasteiger partial charge on any atom is -0.493 e. The number of amides is 1. The zero-order chi connectivity index (χ0) is 15.9. The van der Waals surface area contributed by atoms with Crippen LogP contribution < -0.4 is 15.0 Å². The highest BCUT2D eigenvalue weighted by Gasteiger charge is 2.11. The summed E-state index contributed by atoms with van der Waals surface area (Å²) in [6.07, 6.45) is 0.184. The topological polar surface area (TPSA) is 69.7 Å². The summed E-state index contributed by atoms with van der Waals surface area (Å²) in [5.41, 5.74) is 3.97. The zero-order valence-corrected chi connectivity index (χ0v) is 13.5. The quantitative estimate of drug-likeness (QED) is 0.793.